The van der Waals surface area contributed by atoms with Crippen molar-refractivity contribution in [1.82, 2.24) is 19.7 Å². The van der Waals surface area contributed by atoms with Crippen LogP contribution in [0.2, 0.25) is 0 Å². The van der Waals surface area contributed by atoms with Gasteiger partial charge in [0.1, 0.15) is 17.1 Å². The molecule has 0 aliphatic heterocycles. The number of aromatic amines is 1. The van der Waals surface area contributed by atoms with E-state index in [0.717, 1.165) is 12.1 Å². The lowest BCUT2D eigenvalue weighted by molar-refractivity contribution is 0.341. The summed E-state index contributed by atoms with van der Waals surface area (Å²) in [5.74, 6) is 0.703. The maximum absolute atomic E-state index is 12.6. The smallest absolute Gasteiger partial charge is 0.277 e. The Bertz CT molecular complexity index is 1040. The largest absolute Gasteiger partial charge is 0.768 e. The molecule has 2 aromatic heterocycles. The minimum atomic E-state index is -2.40. The molecule has 138 valence electrons. The molecule has 0 bridgehead atoms. The number of nitrogens with zero attached hydrogens (tertiary/aromatic N) is 3. The molecule has 3 rings (SSSR count). The zero-order valence-electron chi connectivity index (χ0n) is 14.7. The molecule has 8 nitrogen and oxygen atoms in total. The van der Waals surface area contributed by atoms with E-state index in [0.29, 0.717) is 35.4 Å². The van der Waals surface area contributed by atoms with Crippen LogP contribution in [-0.4, -0.2) is 35.1 Å². The van der Waals surface area contributed by atoms with Gasteiger partial charge in [-0.2, -0.15) is 5.10 Å². The topological polar surface area (TPSA) is 113 Å². The molecule has 0 saturated carbocycles. The molecule has 3 aromatic rings. The fraction of sp³-hybridized carbons (Fsp3) is 0.353. The van der Waals surface area contributed by atoms with Crippen molar-refractivity contribution in [2.45, 2.75) is 31.6 Å². The first-order chi connectivity index (χ1) is 12.5. The number of aryl methyl sites for hydroxylation is 2. The Kier molecular flexibility index (Phi) is 5.19. The Hall–Kier alpha value is -2.52. The summed E-state index contributed by atoms with van der Waals surface area (Å²) in [6, 6.07) is 4.44. The van der Waals surface area contributed by atoms with Crippen LogP contribution in [0.3, 0.4) is 0 Å². The highest BCUT2D eigenvalue weighted by Gasteiger charge is 2.17. The van der Waals surface area contributed by atoms with Crippen molar-refractivity contribution in [1.29, 1.82) is 0 Å². The lowest BCUT2D eigenvalue weighted by Crippen LogP contribution is -2.13. The van der Waals surface area contributed by atoms with E-state index in [4.69, 9.17) is 4.74 Å². The monoisotopic (exact) mass is 375 g/mol. The van der Waals surface area contributed by atoms with E-state index in [2.05, 4.69) is 15.1 Å². The van der Waals surface area contributed by atoms with Crippen molar-refractivity contribution in [3.8, 4) is 17.1 Å². The normalized spacial score (nSPS) is 12.5. The molecule has 2 heterocycles. The number of aromatic nitrogens is 4. The second-order valence-corrected chi connectivity index (χ2v) is 6.70. The number of ether oxygens (including phenoxy) is 1. The minimum absolute atomic E-state index is 0.0890. The van der Waals surface area contributed by atoms with Crippen LogP contribution in [0.4, 0.5) is 0 Å². The number of nitrogens with one attached hydrogen (secondary N) is 1. The number of fused-ring (bicyclic) bond motifs is 1. The van der Waals surface area contributed by atoms with Gasteiger partial charge in [0.25, 0.3) is 5.56 Å². The molecule has 1 atom stereocenters. The van der Waals surface area contributed by atoms with Crippen molar-refractivity contribution in [2.24, 2.45) is 7.05 Å². The molecule has 0 fully saturated rings. The fourth-order valence-corrected chi connectivity index (χ4v) is 3.25. The van der Waals surface area contributed by atoms with E-state index in [1.807, 2.05) is 13.8 Å². The van der Waals surface area contributed by atoms with Crippen LogP contribution in [-0.2, 0) is 24.5 Å². The van der Waals surface area contributed by atoms with Gasteiger partial charge in [-0.3, -0.25) is 13.7 Å². The summed E-state index contributed by atoms with van der Waals surface area (Å²) in [6.45, 7) is 4.24. The molecule has 9 heteroatoms. The van der Waals surface area contributed by atoms with Crippen LogP contribution in [0.1, 0.15) is 26.0 Å². The predicted molar refractivity (Wildman–Crippen MR) is 96.9 cm³/mol. The maximum atomic E-state index is 12.6. The molecule has 0 radical (unpaired) electrons. The Morgan fingerprint density at radius 1 is 1.35 bits per heavy atom. The van der Waals surface area contributed by atoms with Crippen molar-refractivity contribution in [3.63, 3.8) is 0 Å². The van der Waals surface area contributed by atoms with E-state index in [9.17, 15) is 13.6 Å². The minimum Gasteiger partial charge on any atom is -0.768 e. The summed E-state index contributed by atoms with van der Waals surface area (Å²) in [5.41, 5.74) is 1.72. The van der Waals surface area contributed by atoms with E-state index >= 15 is 0 Å². The quantitative estimate of drug-likeness (QED) is 0.659. The number of benzene rings is 1. The zero-order valence-corrected chi connectivity index (χ0v) is 15.6. The van der Waals surface area contributed by atoms with E-state index in [-0.39, 0.29) is 16.3 Å². The van der Waals surface area contributed by atoms with Crippen molar-refractivity contribution < 1.29 is 13.5 Å². The average molecular weight is 375 g/mol. The molecular weight excluding hydrogens is 356 g/mol. The molecule has 26 heavy (non-hydrogen) atoms. The Morgan fingerprint density at radius 3 is 2.77 bits per heavy atom. The fourth-order valence-electron chi connectivity index (χ4n) is 2.86. The molecule has 0 amide bonds. The van der Waals surface area contributed by atoms with E-state index in [1.165, 1.54) is 16.8 Å². The second kappa shape index (κ2) is 7.38. The lowest BCUT2D eigenvalue weighted by Gasteiger charge is -2.13. The summed E-state index contributed by atoms with van der Waals surface area (Å²) in [5, 5.41) is 4.38. The zero-order chi connectivity index (χ0) is 18.8. The van der Waals surface area contributed by atoms with E-state index in [1.54, 1.807) is 13.1 Å². The first kappa shape index (κ1) is 18.3. The highest BCUT2D eigenvalue weighted by molar-refractivity contribution is 7.79. The number of hydrogen-bond acceptors (Lipinski definition) is 6. The van der Waals surface area contributed by atoms with Crippen LogP contribution in [0.5, 0.6) is 5.75 Å². The number of H-pyrrole nitrogens is 1. The summed E-state index contributed by atoms with van der Waals surface area (Å²) >= 11 is -2.40. The summed E-state index contributed by atoms with van der Waals surface area (Å²) in [4.78, 5) is 20.0. The highest BCUT2D eigenvalue weighted by Crippen LogP contribution is 2.30. The third kappa shape index (κ3) is 3.27. The predicted octanol–water partition coefficient (Wildman–Crippen LogP) is 1.91. The van der Waals surface area contributed by atoms with Crippen LogP contribution >= 0.6 is 0 Å². The van der Waals surface area contributed by atoms with Gasteiger partial charge in [0.05, 0.1) is 17.9 Å². The molecule has 0 aliphatic rings. The van der Waals surface area contributed by atoms with Gasteiger partial charge in [0, 0.05) is 11.9 Å². The standard InChI is InChI=1S/C17H20N4O4S/c1-4-6-12-14-15(21(3)20-12)17(22)19-16(18-14)11-9-10(26(23)24)7-8-13(11)25-5-2/h7-9H,4-6H2,1-3H3,(H,23,24)(H,18,19,22)/p-1. The van der Waals surface area contributed by atoms with Gasteiger partial charge in [0.15, 0.2) is 5.52 Å². The average Bonchev–Trinajstić information content (AvgIpc) is 2.92. The van der Waals surface area contributed by atoms with Gasteiger partial charge >= 0.3 is 0 Å². The summed E-state index contributed by atoms with van der Waals surface area (Å²) in [7, 11) is 1.70. The van der Waals surface area contributed by atoms with Gasteiger partial charge in [-0.05, 0) is 42.6 Å². The van der Waals surface area contributed by atoms with E-state index < -0.39 is 11.1 Å². The number of hydrogen-bond donors (Lipinski definition) is 1. The number of rotatable bonds is 6. The molecule has 0 aliphatic carbocycles. The maximum Gasteiger partial charge on any atom is 0.277 e. The Labute approximate surface area is 152 Å². The van der Waals surface area contributed by atoms with Crippen LogP contribution in [0.15, 0.2) is 27.9 Å². The molecular formula is C17H19N4O4S-. The van der Waals surface area contributed by atoms with Gasteiger partial charge in [-0.25, -0.2) is 4.98 Å². The highest BCUT2D eigenvalue weighted by atomic mass is 32.2. The van der Waals surface area contributed by atoms with Crippen LogP contribution < -0.4 is 10.3 Å². The lowest BCUT2D eigenvalue weighted by atomic mass is 10.1. The second-order valence-electron chi connectivity index (χ2n) is 5.76. The summed E-state index contributed by atoms with van der Waals surface area (Å²) in [6.07, 6.45) is 1.56. The third-order valence-electron chi connectivity index (χ3n) is 3.95. The van der Waals surface area contributed by atoms with Gasteiger partial charge < -0.3 is 14.3 Å². The van der Waals surface area contributed by atoms with Gasteiger partial charge in [-0.15, -0.1) is 0 Å². The first-order valence-corrected chi connectivity index (χ1v) is 9.36. The third-order valence-corrected chi connectivity index (χ3v) is 4.59. The molecule has 0 saturated heterocycles. The Balaban J connectivity index is 2.28. The molecule has 1 unspecified atom stereocenters. The molecule has 0 spiro atoms. The first-order valence-electron chi connectivity index (χ1n) is 8.28. The SMILES string of the molecule is CCCc1nn(C)c2c(=O)[nH]c(-c3cc(S(=O)[O-])ccc3OCC)nc12. The van der Waals surface area contributed by atoms with Crippen molar-refractivity contribution in [3.05, 3.63) is 34.2 Å². The van der Waals surface area contributed by atoms with Gasteiger partial charge in [-0.1, -0.05) is 13.3 Å². The molecule has 1 aromatic carbocycles. The van der Waals surface area contributed by atoms with Gasteiger partial charge in [0.2, 0.25) is 0 Å². The van der Waals surface area contributed by atoms with Crippen LogP contribution in [0.25, 0.3) is 22.4 Å². The molecule has 1 N–H and O–H groups in total. The summed E-state index contributed by atoms with van der Waals surface area (Å²) < 4.78 is 29.8. The Morgan fingerprint density at radius 2 is 2.12 bits per heavy atom. The van der Waals surface area contributed by atoms with Crippen LogP contribution in [0, 0.1) is 0 Å². The van der Waals surface area contributed by atoms with Crippen molar-refractivity contribution >= 4 is 22.1 Å². The van der Waals surface area contributed by atoms with Crippen molar-refractivity contribution in [2.75, 3.05) is 6.61 Å².